The molecule has 1 aromatic carbocycles. The minimum Gasteiger partial charge on any atom is -0.329 e. The quantitative estimate of drug-likeness (QED) is 0.909. The summed E-state index contributed by atoms with van der Waals surface area (Å²) in [6.45, 7) is 1.28. The van der Waals surface area contributed by atoms with Crippen LogP contribution in [-0.2, 0) is 6.54 Å². The van der Waals surface area contributed by atoms with Crippen LogP contribution in [0.4, 0.5) is 4.39 Å². The van der Waals surface area contributed by atoms with Gasteiger partial charge in [0.25, 0.3) is 0 Å². The van der Waals surface area contributed by atoms with Gasteiger partial charge in [-0.2, -0.15) is 11.8 Å². The summed E-state index contributed by atoms with van der Waals surface area (Å²) in [6, 6.07) is 7.00. The molecule has 4 heteroatoms. The highest BCUT2D eigenvalue weighted by Crippen LogP contribution is 2.32. The van der Waals surface area contributed by atoms with Gasteiger partial charge in [-0.3, -0.25) is 4.90 Å². The van der Waals surface area contributed by atoms with Crippen LogP contribution in [0.2, 0.25) is 0 Å². The maximum absolute atomic E-state index is 13.7. The molecule has 0 amide bonds. The van der Waals surface area contributed by atoms with Crippen molar-refractivity contribution in [1.82, 2.24) is 4.90 Å². The SMILES string of the molecule is CN(Cc1ccccc1F)C1(CN)CCSCC1. The first-order valence-corrected chi connectivity index (χ1v) is 7.56. The van der Waals surface area contributed by atoms with E-state index in [4.69, 9.17) is 5.73 Å². The van der Waals surface area contributed by atoms with Crippen LogP contribution < -0.4 is 5.73 Å². The van der Waals surface area contributed by atoms with Crippen molar-refractivity contribution in [2.45, 2.75) is 24.9 Å². The van der Waals surface area contributed by atoms with Crippen molar-refractivity contribution in [2.24, 2.45) is 5.73 Å². The lowest BCUT2D eigenvalue weighted by molar-refractivity contribution is 0.106. The second kappa shape index (κ2) is 6.04. The number of rotatable bonds is 4. The highest BCUT2D eigenvalue weighted by atomic mass is 32.2. The van der Waals surface area contributed by atoms with Gasteiger partial charge in [0.05, 0.1) is 0 Å². The first kappa shape index (κ1) is 13.8. The third-order valence-corrected chi connectivity index (χ3v) is 4.96. The number of thioether (sulfide) groups is 1. The van der Waals surface area contributed by atoms with Crippen molar-refractivity contribution in [1.29, 1.82) is 0 Å². The molecule has 0 aromatic heterocycles. The third kappa shape index (κ3) is 2.87. The summed E-state index contributed by atoms with van der Waals surface area (Å²) in [5.74, 6) is 2.18. The Morgan fingerprint density at radius 2 is 2.00 bits per heavy atom. The first-order chi connectivity index (χ1) is 8.68. The Morgan fingerprint density at radius 3 is 2.61 bits per heavy atom. The predicted molar refractivity (Wildman–Crippen MR) is 76.2 cm³/mol. The van der Waals surface area contributed by atoms with Gasteiger partial charge < -0.3 is 5.73 Å². The Kier molecular flexibility index (Phi) is 4.65. The van der Waals surface area contributed by atoms with Crippen LogP contribution in [-0.4, -0.2) is 35.5 Å². The predicted octanol–water partition coefficient (Wildman–Crippen LogP) is 2.48. The molecule has 0 saturated carbocycles. The molecule has 0 spiro atoms. The number of hydrogen-bond acceptors (Lipinski definition) is 3. The number of hydrogen-bond donors (Lipinski definition) is 1. The summed E-state index contributed by atoms with van der Waals surface area (Å²) in [7, 11) is 2.06. The minimum atomic E-state index is -0.123. The molecule has 1 saturated heterocycles. The van der Waals surface area contributed by atoms with Gasteiger partial charge in [-0.25, -0.2) is 4.39 Å². The van der Waals surface area contributed by atoms with E-state index in [0.29, 0.717) is 13.1 Å². The molecular formula is C14H21FN2S. The second-order valence-electron chi connectivity index (χ2n) is 4.99. The van der Waals surface area contributed by atoms with Crippen LogP contribution in [0.15, 0.2) is 24.3 Å². The number of nitrogens with two attached hydrogens (primary N) is 1. The van der Waals surface area contributed by atoms with E-state index in [9.17, 15) is 4.39 Å². The van der Waals surface area contributed by atoms with Crippen molar-refractivity contribution in [3.8, 4) is 0 Å². The van der Waals surface area contributed by atoms with Crippen LogP contribution in [0.1, 0.15) is 18.4 Å². The van der Waals surface area contributed by atoms with E-state index in [2.05, 4.69) is 11.9 Å². The van der Waals surface area contributed by atoms with Gasteiger partial charge in [-0.05, 0) is 37.5 Å². The minimum absolute atomic E-state index is 0.0491. The summed E-state index contributed by atoms with van der Waals surface area (Å²) in [5.41, 5.74) is 6.79. The van der Waals surface area contributed by atoms with Gasteiger partial charge in [0.1, 0.15) is 5.82 Å². The van der Waals surface area contributed by atoms with Crippen LogP contribution in [0.5, 0.6) is 0 Å². The maximum Gasteiger partial charge on any atom is 0.127 e. The Hall–Kier alpha value is -0.580. The molecule has 1 heterocycles. The summed E-state index contributed by atoms with van der Waals surface area (Å²) in [4.78, 5) is 2.24. The van der Waals surface area contributed by atoms with Crippen LogP contribution in [0, 0.1) is 5.82 Å². The molecule has 0 atom stereocenters. The van der Waals surface area contributed by atoms with Crippen molar-refractivity contribution in [3.05, 3.63) is 35.6 Å². The molecule has 0 unspecified atom stereocenters. The number of nitrogens with zero attached hydrogens (tertiary/aromatic N) is 1. The Labute approximate surface area is 113 Å². The Morgan fingerprint density at radius 1 is 1.33 bits per heavy atom. The van der Waals surface area contributed by atoms with E-state index in [1.165, 1.54) is 6.07 Å². The number of benzene rings is 1. The van der Waals surface area contributed by atoms with Crippen LogP contribution in [0.25, 0.3) is 0 Å². The fraction of sp³-hybridized carbons (Fsp3) is 0.571. The molecule has 100 valence electrons. The zero-order valence-corrected chi connectivity index (χ0v) is 11.7. The van der Waals surface area contributed by atoms with E-state index in [0.717, 1.165) is 29.9 Å². The molecule has 0 bridgehead atoms. The second-order valence-corrected chi connectivity index (χ2v) is 6.21. The molecule has 0 aliphatic carbocycles. The Balaban J connectivity index is 2.10. The van der Waals surface area contributed by atoms with Gasteiger partial charge in [-0.1, -0.05) is 18.2 Å². The third-order valence-electron chi connectivity index (χ3n) is 3.98. The molecule has 2 rings (SSSR count). The lowest BCUT2D eigenvalue weighted by atomic mass is 9.90. The van der Waals surface area contributed by atoms with Crippen molar-refractivity contribution in [3.63, 3.8) is 0 Å². The van der Waals surface area contributed by atoms with Gasteiger partial charge in [0, 0.05) is 24.2 Å². The zero-order chi connectivity index (χ0) is 13.0. The fourth-order valence-corrected chi connectivity index (χ4v) is 3.80. The van der Waals surface area contributed by atoms with Crippen molar-refractivity contribution < 1.29 is 4.39 Å². The zero-order valence-electron chi connectivity index (χ0n) is 10.9. The average Bonchev–Trinajstić information content (AvgIpc) is 2.42. The van der Waals surface area contributed by atoms with Crippen molar-refractivity contribution >= 4 is 11.8 Å². The average molecular weight is 268 g/mol. The van der Waals surface area contributed by atoms with E-state index in [1.54, 1.807) is 6.07 Å². The molecule has 18 heavy (non-hydrogen) atoms. The van der Waals surface area contributed by atoms with Crippen molar-refractivity contribution in [2.75, 3.05) is 25.1 Å². The van der Waals surface area contributed by atoms with Crippen LogP contribution >= 0.6 is 11.8 Å². The van der Waals surface area contributed by atoms with Gasteiger partial charge >= 0.3 is 0 Å². The summed E-state index contributed by atoms with van der Waals surface area (Å²) >= 11 is 1.98. The van der Waals surface area contributed by atoms with Gasteiger partial charge in [0.2, 0.25) is 0 Å². The topological polar surface area (TPSA) is 29.3 Å². The fourth-order valence-electron chi connectivity index (χ4n) is 2.54. The highest BCUT2D eigenvalue weighted by molar-refractivity contribution is 7.99. The summed E-state index contributed by atoms with van der Waals surface area (Å²) in [5, 5.41) is 0. The van der Waals surface area contributed by atoms with E-state index < -0.39 is 0 Å². The summed E-state index contributed by atoms with van der Waals surface area (Å²) in [6.07, 6.45) is 2.19. The summed E-state index contributed by atoms with van der Waals surface area (Å²) < 4.78 is 13.7. The molecular weight excluding hydrogens is 247 g/mol. The maximum atomic E-state index is 13.7. The largest absolute Gasteiger partial charge is 0.329 e. The first-order valence-electron chi connectivity index (χ1n) is 6.40. The molecule has 1 aliphatic rings. The highest BCUT2D eigenvalue weighted by Gasteiger charge is 2.35. The number of likely N-dealkylation sites (N-methyl/N-ethyl adjacent to an activating group) is 1. The van der Waals surface area contributed by atoms with Crippen LogP contribution in [0.3, 0.4) is 0 Å². The lowest BCUT2D eigenvalue weighted by Gasteiger charge is -2.44. The standard InChI is InChI=1S/C14H21FN2S/c1-17(10-12-4-2-3-5-13(12)15)14(11-16)6-8-18-9-7-14/h2-5H,6-11,16H2,1H3. The smallest absolute Gasteiger partial charge is 0.127 e. The normalized spacial score (nSPS) is 19.1. The Bertz CT molecular complexity index is 391. The van der Waals surface area contributed by atoms with E-state index in [-0.39, 0.29) is 11.4 Å². The monoisotopic (exact) mass is 268 g/mol. The van der Waals surface area contributed by atoms with Gasteiger partial charge in [-0.15, -0.1) is 0 Å². The molecule has 2 N–H and O–H groups in total. The molecule has 1 aliphatic heterocycles. The van der Waals surface area contributed by atoms with E-state index >= 15 is 0 Å². The molecule has 0 radical (unpaired) electrons. The van der Waals surface area contributed by atoms with E-state index in [1.807, 2.05) is 23.9 Å². The lowest BCUT2D eigenvalue weighted by Crippen LogP contribution is -2.53. The molecule has 1 aromatic rings. The number of halogens is 1. The molecule has 1 fully saturated rings. The van der Waals surface area contributed by atoms with Gasteiger partial charge in [0.15, 0.2) is 0 Å². The molecule has 2 nitrogen and oxygen atoms in total.